The number of carbonyl (C=O) groups is 3. The lowest BCUT2D eigenvalue weighted by Crippen LogP contribution is -2.71. The molecule has 1 aromatic rings. The molecule has 2 amide bonds. The molecular formula is C17H20N6O5S3. The topological polar surface area (TPSA) is 173 Å². The lowest BCUT2D eigenvalue weighted by Gasteiger charge is -2.49. The summed E-state index contributed by atoms with van der Waals surface area (Å²) in [6.45, 7) is 0.504. The van der Waals surface area contributed by atoms with E-state index in [0.717, 1.165) is 11.3 Å². The highest BCUT2D eigenvalue weighted by atomic mass is 32.2. The quantitative estimate of drug-likeness (QED) is 0.162. The first kappa shape index (κ1) is 23.1. The van der Waals surface area contributed by atoms with Gasteiger partial charge in [0.15, 0.2) is 10.8 Å². The highest BCUT2D eigenvalue weighted by Gasteiger charge is 2.54. The SMILES string of the molecule is CON=C(C(=O)N[C@@H]1C(=O)N2C(C(=O)O)=C(/C=C/SCCN)CS[C@H]12)c1csc(N)n1. The Morgan fingerprint density at radius 1 is 1.55 bits per heavy atom. The van der Waals surface area contributed by atoms with Gasteiger partial charge in [0.25, 0.3) is 11.8 Å². The highest BCUT2D eigenvalue weighted by molar-refractivity contribution is 8.02. The molecule has 2 aliphatic rings. The van der Waals surface area contributed by atoms with Crippen LogP contribution in [0, 0.1) is 0 Å². The first-order chi connectivity index (χ1) is 14.9. The van der Waals surface area contributed by atoms with Crippen LogP contribution in [0.3, 0.4) is 0 Å². The Morgan fingerprint density at radius 3 is 2.94 bits per heavy atom. The number of thiazole rings is 1. The van der Waals surface area contributed by atoms with E-state index in [4.69, 9.17) is 16.3 Å². The molecule has 0 aliphatic carbocycles. The molecule has 2 atom stereocenters. The van der Waals surface area contributed by atoms with Crippen LogP contribution in [0.15, 0.2) is 33.3 Å². The van der Waals surface area contributed by atoms with Crippen molar-refractivity contribution in [2.24, 2.45) is 10.9 Å². The minimum Gasteiger partial charge on any atom is -0.477 e. The van der Waals surface area contributed by atoms with Gasteiger partial charge in [-0.3, -0.25) is 14.5 Å². The number of carboxylic acids is 1. The minimum atomic E-state index is -1.20. The summed E-state index contributed by atoms with van der Waals surface area (Å²) < 4.78 is 0. The minimum absolute atomic E-state index is 0.0816. The molecule has 2 aliphatic heterocycles. The Bertz CT molecular complexity index is 975. The number of β-lactam (4-membered cyclic amide) rings is 1. The van der Waals surface area contributed by atoms with Gasteiger partial charge in [-0.2, -0.15) is 0 Å². The van der Waals surface area contributed by atoms with Crippen molar-refractivity contribution in [2.45, 2.75) is 11.4 Å². The van der Waals surface area contributed by atoms with Crippen LogP contribution >= 0.6 is 34.9 Å². The van der Waals surface area contributed by atoms with Crippen molar-refractivity contribution in [3.63, 3.8) is 0 Å². The number of nitrogens with two attached hydrogens (primary N) is 2. The van der Waals surface area contributed by atoms with Gasteiger partial charge in [0, 0.05) is 23.4 Å². The van der Waals surface area contributed by atoms with E-state index in [9.17, 15) is 19.5 Å². The first-order valence-corrected chi connectivity index (χ1v) is 11.9. The standard InChI is InChI=1S/C17H20N6O5S3/c1-28-22-10(9-7-31-17(19)20-9)13(24)21-11-14(25)23-12(16(26)27)8(6-30-15(11)23)2-4-29-5-3-18/h2,4,7,11,15H,3,5-6,18H2,1H3,(H2,19,20)(H,21,24)(H,26,27)/b4-2+,22-10?/t11-,15-/m1/s1. The zero-order valence-electron chi connectivity index (χ0n) is 16.3. The summed E-state index contributed by atoms with van der Waals surface area (Å²) in [6, 6.07) is -0.901. The number of allylic oxidation sites excluding steroid dienone is 1. The lowest BCUT2D eigenvalue weighted by molar-refractivity contribution is -0.150. The van der Waals surface area contributed by atoms with Crippen molar-refractivity contribution in [1.82, 2.24) is 15.2 Å². The summed E-state index contributed by atoms with van der Waals surface area (Å²) in [5.74, 6) is -1.31. The number of nitrogens with zero attached hydrogens (tertiary/aromatic N) is 3. The van der Waals surface area contributed by atoms with Crippen LogP contribution in [0.1, 0.15) is 5.69 Å². The Kier molecular flexibility index (Phi) is 7.59. The molecule has 1 fully saturated rings. The summed E-state index contributed by atoms with van der Waals surface area (Å²) in [7, 11) is 1.28. The van der Waals surface area contributed by atoms with Gasteiger partial charge in [0.05, 0.1) is 0 Å². The summed E-state index contributed by atoms with van der Waals surface area (Å²) >= 11 is 3.95. The highest BCUT2D eigenvalue weighted by Crippen LogP contribution is 2.40. The van der Waals surface area contributed by atoms with Gasteiger partial charge in [-0.25, -0.2) is 9.78 Å². The van der Waals surface area contributed by atoms with E-state index in [1.807, 2.05) is 0 Å². The molecule has 0 radical (unpaired) electrons. The Hall–Kier alpha value is -2.55. The molecule has 3 rings (SSSR count). The van der Waals surface area contributed by atoms with Crippen molar-refractivity contribution in [3.05, 3.63) is 33.8 Å². The average Bonchev–Trinajstić information content (AvgIpc) is 3.18. The number of aliphatic carboxylic acids is 1. The zero-order valence-corrected chi connectivity index (χ0v) is 18.8. The number of aromatic nitrogens is 1. The molecule has 31 heavy (non-hydrogen) atoms. The molecule has 6 N–H and O–H groups in total. The maximum absolute atomic E-state index is 12.7. The number of carbonyl (C=O) groups excluding carboxylic acids is 2. The molecule has 0 aromatic carbocycles. The second-order valence-electron chi connectivity index (χ2n) is 6.20. The number of hydrogen-bond donors (Lipinski definition) is 4. The monoisotopic (exact) mass is 484 g/mol. The molecule has 1 aromatic heterocycles. The predicted molar refractivity (Wildman–Crippen MR) is 120 cm³/mol. The third kappa shape index (κ3) is 4.87. The average molecular weight is 485 g/mol. The normalized spacial score (nSPS) is 21.2. The van der Waals surface area contributed by atoms with E-state index in [0.29, 0.717) is 23.6 Å². The van der Waals surface area contributed by atoms with Crippen molar-refractivity contribution in [2.75, 3.05) is 30.9 Å². The molecule has 14 heteroatoms. The van der Waals surface area contributed by atoms with E-state index in [-0.39, 0.29) is 22.2 Å². The number of oxime groups is 1. The molecule has 11 nitrogen and oxygen atoms in total. The van der Waals surface area contributed by atoms with Crippen molar-refractivity contribution < 1.29 is 24.3 Å². The van der Waals surface area contributed by atoms with Crippen molar-refractivity contribution in [3.8, 4) is 0 Å². The van der Waals surface area contributed by atoms with Crippen LogP contribution in [0.4, 0.5) is 5.13 Å². The largest absolute Gasteiger partial charge is 0.477 e. The van der Waals surface area contributed by atoms with E-state index in [1.165, 1.54) is 35.5 Å². The zero-order chi connectivity index (χ0) is 22.5. The number of nitrogens with one attached hydrogen (secondary N) is 1. The number of hydrogen-bond acceptors (Lipinski definition) is 11. The van der Waals surface area contributed by atoms with E-state index < -0.39 is 29.2 Å². The Morgan fingerprint density at radius 2 is 2.32 bits per heavy atom. The van der Waals surface area contributed by atoms with Gasteiger partial charge >= 0.3 is 5.97 Å². The summed E-state index contributed by atoms with van der Waals surface area (Å²) in [6.07, 6.45) is 1.68. The van der Waals surface area contributed by atoms with E-state index in [1.54, 1.807) is 16.9 Å². The lowest BCUT2D eigenvalue weighted by atomic mass is 10.0. The first-order valence-electron chi connectivity index (χ1n) is 8.91. The smallest absolute Gasteiger partial charge is 0.352 e. The number of carboxylic acid groups (broad SMARTS) is 1. The predicted octanol–water partition coefficient (Wildman–Crippen LogP) is 0.0200. The molecule has 0 unspecified atom stereocenters. The van der Waals surface area contributed by atoms with Gasteiger partial charge < -0.3 is 26.7 Å². The number of nitrogen functional groups attached to an aromatic ring is 1. The van der Waals surface area contributed by atoms with E-state index in [2.05, 4.69) is 15.5 Å². The number of anilines is 1. The van der Waals surface area contributed by atoms with Crippen molar-refractivity contribution >= 4 is 63.5 Å². The van der Waals surface area contributed by atoms with Gasteiger partial charge in [-0.1, -0.05) is 5.16 Å². The summed E-state index contributed by atoms with van der Waals surface area (Å²) in [5, 5.41) is 19.0. The fraction of sp³-hybridized carbons (Fsp3) is 0.353. The molecule has 0 saturated carbocycles. The molecule has 166 valence electrons. The molecule has 1 saturated heterocycles. The van der Waals surface area contributed by atoms with Crippen LogP contribution in [-0.2, 0) is 19.2 Å². The van der Waals surface area contributed by atoms with Gasteiger partial charge in [-0.15, -0.1) is 34.9 Å². The second-order valence-corrected chi connectivity index (χ2v) is 9.20. The summed E-state index contributed by atoms with van der Waals surface area (Å²) in [4.78, 5) is 47.2. The fourth-order valence-electron chi connectivity index (χ4n) is 2.94. The Labute approximate surface area is 189 Å². The fourth-order valence-corrected chi connectivity index (χ4v) is 5.34. The second kappa shape index (κ2) is 10.2. The Balaban J connectivity index is 1.76. The number of rotatable bonds is 9. The van der Waals surface area contributed by atoms with Crippen molar-refractivity contribution in [1.29, 1.82) is 0 Å². The maximum Gasteiger partial charge on any atom is 0.352 e. The number of fused-ring (bicyclic) bond motifs is 1. The molecule has 0 bridgehead atoms. The van der Waals surface area contributed by atoms with Crippen LogP contribution in [0.5, 0.6) is 0 Å². The van der Waals surface area contributed by atoms with Crippen LogP contribution in [0.25, 0.3) is 0 Å². The molecule has 3 heterocycles. The third-order valence-corrected chi connectivity index (χ3v) is 7.03. The van der Waals surface area contributed by atoms with Crippen LogP contribution in [-0.4, -0.2) is 75.1 Å². The van der Waals surface area contributed by atoms with E-state index >= 15 is 0 Å². The van der Waals surface area contributed by atoms with Crippen LogP contribution < -0.4 is 16.8 Å². The summed E-state index contributed by atoms with van der Waals surface area (Å²) in [5.41, 5.74) is 11.6. The number of amides is 2. The van der Waals surface area contributed by atoms with Crippen LogP contribution in [0.2, 0.25) is 0 Å². The van der Waals surface area contributed by atoms with Gasteiger partial charge in [0.2, 0.25) is 0 Å². The molecule has 0 spiro atoms. The number of thioether (sulfide) groups is 2. The molecular weight excluding hydrogens is 464 g/mol. The third-order valence-electron chi connectivity index (χ3n) is 4.25. The van der Waals surface area contributed by atoms with Gasteiger partial charge in [0.1, 0.15) is 29.9 Å². The van der Waals surface area contributed by atoms with Gasteiger partial charge in [-0.05, 0) is 17.1 Å². The maximum atomic E-state index is 12.7.